The van der Waals surface area contributed by atoms with Crippen LogP contribution in [0.3, 0.4) is 0 Å². The minimum absolute atomic E-state index is 0.753. The molecular formula is C27H32N+. The highest BCUT2D eigenvalue weighted by Crippen LogP contribution is 2.46. The molecule has 0 amide bonds. The molecule has 1 aliphatic rings. The van der Waals surface area contributed by atoms with E-state index in [-0.39, 0.29) is 0 Å². The Hall–Kier alpha value is -2.38. The van der Waals surface area contributed by atoms with Crippen molar-refractivity contribution in [1.29, 1.82) is 0 Å². The zero-order chi connectivity index (χ0) is 19.2. The van der Waals surface area contributed by atoms with Crippen LogP contribution in [-0.2, 0) is 0 Å². The molecule has 1 heteroatoms. The van der Waals surface area contributed by atoms with Crippen molar-refractivity contribution >= 4 is 17.1 Å². The van der Waals surface area contributed by atoms with Crippen molar-refractivity contribution in [3.05, 3.63) is 91.0 Å². The summed E-state index contributed by atoms with van der Waals surface area (Å²) in [6.07, 6.45) is 6.82. The molecule has 0 aromatic heterocycles. The van der Waals surface area contributed by atoms with Gasteiger partial charge in [-0.15, -0.1) is 0 Å². The van der Waals surface area contributed by atoms with Gasteiger partial charge in [0.15, 0.2) is 0 Å². The first kappa shape index (κ1) is 19.0. The molecule has 0 unspecified atom stereocenters. The Labute approximate surface area is 170 Å². The van der Waals surface area contributed by atoms with Gasteiger partial charge < -0.3 is 0 Å². The lowest BCUT2D eigenvalue weighted by Crippen LogP contribution is -2.43. The second kappa shape index (κ2) is 8.75. The van der Waals surface area contributed by atoms with Crippen LogP contribution < -0.4 is 4.48 Å². The van der Waals surface area contributed by atoms with E-state index in [4.69, 9.17) is 0 Å². The first-order valence-electron chi connectivity index (χ1n) is 10.9. The van der Waals surface area contributed by atoms with E-state index in [1.807, 2.05) is 0 Å². The van der Waals surface area contributed by atoms with Crippen molar-refractivity contribution in [3.63, 3.8) is 0 Å². The summed E-state index contributed by atoms with van der Waals surface area (Å²) in [7, 11) is 0. The molecule has 4 rings (SSSR count). The van der Waals surface area contributed by atoms with Crippen molar-refractivity contribution in [2.45, 2.75) is 39.0 Å². The molecule has 3 aromatic rings. The maximum Gasteiger partial charge on any atom is 0.143 e. The Balaban J connectivity index is 1.82. The standard InChI is InChI=1S/C27H32N/c1-2-23-18-20-24(21-19-23)22-28(25-12-6-3-7-13-25,26-14-8-4-9-15-26)27-16-10-5-11-17-27/h3-17,23-24H,2,18-22H2,1H3/q+1. The summed E-state index contributed by atoms with van der Waals surface area (Å²) >= 11 is 0. The van der Waals surface area contributed by atoms with Crippen molar-refractivity contribution in [1.82, 2.24) is 4.48 Å². The second-order valence-corrected chi connectivity index (χ2v) is 8.29. The van der Waals surface area contributed by atoms with Gasteiger partial charge in [-0.05, 0) is 68.0 Å². The van der Waals surface area contributed by atoms with Gasteiger partial charge in [0.25, 0.3) is 0 Å². The lowest BCUT2D eigenvalue weighted by atomic mass is 9.80. The van der Waals surface area contributed by atoms with E-state index >= 15 is 0 Å². The Kier molecular flexibility index (Phi) is 5.92. The average molecular weight is 371 g/mol. The van der Waals surface area contributed by atoms with Crippen LogP contribution in [0.5, 0.6) is 0 Å². The number of benzene rings is 3. The number of para-hydroxylation sites is 3. The molecule has 0 N–H and O–H groups in total. The van der Waals surface area contributed by atoms with E-state index in [1.54, 1.807) is 0 Å². The quantitative estimate of drug-likeness (QED) is 0.387. The molecule has 0 spiro atoms. The van der Waals surface area contributed by atoms with Crippen LogP contribution in [-0.4, -0.2) is 6.54 Å². The lowest BCUT2D eigenvalue weighted by molar-refractivity contribution is 0.242. The van der Waals surface area contributed by atoms with Gasteiger partial charge in [0, 0.05) is 5.92 Å². The third-order valence-electron chi connectivity index (χ3n) is 6.67. The average Bonchev–Trinajstić information content (AvgIpc) is 2.80. The summed E-state index contributed by atoms with van der Waals surface area (Å²) in [5, 5.41) is 0. The number of rotatable bonds is 6. The maximum atomic E-state index is 2.35. The van der Waals surface area contributed by atoms with Gasteiger partial charge in [-0.1, -0.05) is 67.9 Å². The zero-order valence-corrected chi connectivity index (χ0v) is 17.0. The summed E-state index contributed by atoms with van der Waals surface area (Å²) in [6.45, 7) is 3.48. The third kappa shape index (κ3) is 3.77. The molecule has 3 aromatic carbocycles. The molecule has 28 heavy (non-hydrogen) atoms. The smallest absolute Gasteiger partial charge is 0.143 e. The summed E-state index contributed by atoms with van der Waals surface area (Å²) < 4.78 is 0.810. The van der Waals surface area contributed by atoms with E-state index in [0.717, 1.165) is 22.9 Å². The van der Waals surface area contributed by atoms with E-state index in [0.29, 0.717) is 0 Å². The molecule has 0 atom stereocenters. The van der Waals surface area contributed by atoms with E-state index < -0.39 is 0 Å². The van der Waals surface area contributed by atoms with Crippen LogP contribution in [0.1, 0.15) is 39.0 Å². The van der Waals surface area contributed by atoms with E-state index in [9.17, 15) is 0 Å². The van der Waals surface area contributed by atoms with Crippen LogP contribution in [0.4, 0.5) is 17.1 Å². The SMILES string of the molecule is CCC1CCC(C[N+](c2ccccc2)(c2ccccc2)c2ccccc2)CC1. The molecule has 144 valence electrons. The van der Waals surface area contributed by atoms with E-state index in [2.05, 4.69) is 97.9 Å². The van der Waals surface area contributed by atoms with Gasteiger partial charge in [-0.25, -0.2) is 4.48 Å². The van der Waals surface area contributed by atoms with Crippen LogP contribution in [0, 0.1) is 11.8 Å². The van der Waals surface area contributed by atoms with Crippen molar-refractivity contribution in [2.75, 3.05) is 6.54 Å². The molecule has 1 aliphatic carbocycles. The normalized spacial score (nSPS) is 20.0. The predicted octanol–water partition coefficient (Wildman–Crippen LogP) is 7.87. The number of hydrogen-bond acceptors (Lipinski definition) is 0. The van der Waals surface area contributed by atoms with Crippen molar-refractivity contribution in [2.24, 2.45) is 11.8 Å². The van der Waals surface area contributed by atoms with Gasteiger partial charge in [0.2, 0.25) is 0 Å². The van der Waals surface area contributed by atoms with Gasteiger partial charge in [0.05, 0.1) is 6.54 Å². The fourth-order valence-corrected chi connectivity index (χ4v) is 5.02. The summed E-state index contributed by atoms with van der Waals surface area (Å²) in [5.74, 6) is 1.69. The fraction of sp³-hybridized carbons (Fsp3) is 0.333. The Morgan fingerprint density at radius 2 is 0.929 bits per heavy atom. The summed E-state index contributed by atoms with van der Waals surface area (Å²) in [5.41, 5.74) is 4.08. The maximum absolute atomic E-state index is 2.35. The minimum atomic E-state index is 0.753. The molecular weight excluding hydrogens is 338 g/mol. The van der Waals surface area contributed by atoms with Gasteiger partial charge >= 0.3 is 0 Å². The molecule has 1 saturated carbocycles. The number of hydrogen-bond donors (Lipinski definition) is 0. The molecule has 0 heterocycles. The molecule has 0 radical (unpaired) electrons. The van der Waals surface area contributed by atoms with Crippen LogP contribution in [0.2, 0.25) is 0 Å². The Bertz CT molecular complexity index is 737. The lowest BCUT2D eigenvalue weighted by Gasteiger charge is -2.41. The predicted molar refractivity (Wildman–Crippen MR) is 121 cm³/mol. The summed E-state index contributed by atoms with van der Waals surface area (Å²) in [6, 6.07) is 33.3. The first-order chi connectivity index (χ1) is 13.8. The number of nitrogens with zero attached hydrogens (tertiary/aromatic N) is 1. The topological polar surface area (TPSA) is 0 Å². The van der Waals surface area contributed by atoms with Gasteiger partial charge in [0.1, 0.15) is 17.1 Å². The highest BCUT2D eigenvalue weighted by molar-refractivity contribution is 5.70. The van der Waals surface area contributed by atoms with Crippen LogP contribution >= 0.6 is 0 Å². The highest BCUT2D eigenvalue weighted by Gasteiger charge is 2.39. The van der Waals surface area contributed by atoms with Crippen molar-refractivity contribution in [3.8, 4) is 0 Å². The number of quaternary nitrogens is 1. The molecule has 1 fully saturated rings. The van der Waals surface area contributed by atoms with Gasteiger partial charge in [-0.3, -0.25) is 0 Å². The summed E-state index contributed by atoms with van der Waals surface area (Å²) in [4.78, 5) is 0. The largest absolute Gasteiger partial charge is 0.226 e. The van der Waals surface area contributed by atoms with Gasteiger partial charge in [-0.2, -0.15) is 0 Å². The Morgan fingerprint density at radius 3 is 1.29 bits per heavy atom. The van der Waals surface area contributed by atoms with Crippen LogP contribution in [0.15, 0.2) is 91.0 Å². The molecule has 0 saturated heterocycles. The zero-order valence-electron chi connectivity index (χ0n) is 17.0. The molecule has 1 nitrogen and oxygen atoms in total. The second-order valence-electron chi connectivity index (χ2n) is 8.29. The Morgan fingerprint density at radius 1 is 0.571 bits per heavy atom. The highest BCUT2D eigenvalue weighted by atomic mass is 15.4. The molecule has 0 aliphatic heterocycles. The minimum Gasteiger partial charge on any atom is -0.226 e. The van der Waals surface area contributed by atoms with Crippen molar-refractivity contribution < 1.29 is 0 Å². The third-order valence-corrected chi connectivity index (χ3v) is 6.67. The monoisotopic (exact) mass is 370 g/mol. The molecule has 0 bridgehead atoms. The fourth-order valence-electron chi connectivity index (χ4n) is 5.02. The van der Waals surface area contributed by atoms with Crippen LogP contribution in [0.25, 0.3) is 0 Å². The van der Waals surface area contributed by atoms with E-state index in [1.165, 1.54) is 49.2 Å². The first-order valence-corrected chi connectivity index (χ1v) is 10.9.